The molecule has 1 saturated heterocycles. The third-order valence-corrected chi connectivity index (χ3v) is 2.33. The number of amides is 2. The van der Waals surface area contributed by atoms with Gasteiger partial charge in [-0.2, -0.15) is 9.27 Å². The van der Waals surface area contributed by atoms with Gasteiger partial charge in [0.15, 0.2) is 0 Å². The number of carbonyl (C=O) groups is 2. The maximum Gasteiger partial charge on any atom is 0.325 e. The van der Waals surface area contributed by atoms with Gasteiger partial charge in [0.1, 0.15) is 6.04 Å². The third kappa shape index (κ3) is 1.63. The van der Waals surface area contributed by atoms with Crippen LogP contribution in [-0.4, -0.2) is 37.7 Å². The molecule has 1 fully saturated rings. The predicted octanol–water partition coefficient (Wildman–Crippen LogP) is -1.21. The predicted molar refractivity (Wildman–Crippen MR) is 45.8 cm³/mol. The molecule has 0 radical (unpaired) electrons. The van der Waals surface area contributed by atoms with E-state index >= 15 is 0 Å². The lowest BCUT2D eigenvalue weighted by molar-refractivity contribution is -0.216. The van der Waals surface area contributed by atoms with E-state index in [4.69, 9.17) is 4.55 Å². The van der Waals surface area contributed by atoms with Gasteiger partial charge in [-0.05, 0) is 13.8 Å². The van der Waals surface area contributed by atoms with Crippen LogP contribution in [0.1, 0.15) is 13.8 Å². The van der Waals surface area contributed by atoms with Crippen molar-refractivity contribution < 1.29 is 22.6 Å². The van der Waals surface area contributed by atoms with Crippen LogP contribution in [0.5, 0.6) is 0 Å². The number of rotatable bonds is 4. The normalized spacial score (nSPS) is 26.6. The highest BCUT2D eigenvalue weighted by Gasteiger charge is 2.56. The van der Waals surface area contributed by atoms with Gasteiger partial charge in [-0.25, -0.2) is 0 Å². The molecule has 1 unspecified atom stereocenters. The number of nitrogens with zero attached hydrogens (tertiary/aromatic N) is 1. The SMILES string of the molecule is CC1(C)[C@H](NC=O)C(=O)N1OS(=O)O. The van der Waals surface area contributed by atoms with Crippen LogP contribution < -0.4 is 5.32 Å². The summed E-state index contributed by atoms with van der Waals surface area (Å²) >= 11 is -2.54. The summed E-state index contributed by atoms with van der Waals surface area (Å²) in [6, 6.07) is -0.719. The van der Waals surface area contributed by atoms with Gasteiger partial charge in [-0.1, -0.05) is 0 Å². The Balaban J connectivity index is 2.70. The Morgan fingerprint density at radius 3 is 2.64 bits per heavy atom. The number of carbonyl (C=O) groups excluding carboxylic acids is 2. The standard InChI is InChI=1S/C6H10N2O5S/c1-6(2)4(7-3-9)5(10)8(6)13-14(11)12/h3-4H,1-2H3,(H,7,9)(H,11,12)/t4-/m1/s1. The summed E-state index contributed by atoms with van der Waals surface area (Å²) < 4.78 is 23.1. The van der Waals surface area contributed by atoms with Crippen LogP contribution in [0, 0.1) is 0 Å². The van der Waals surface area contributed by atoms with Crippen LogP contribution in [-0.2, 0) is 25.2 Å². The molecule has 0 aromatic heterocycles. The first-order valence-electron chi connectivity index (χ1n) is 3.74. The molecule has 14 heavy (non-hydrogen) atoms. The van der Waals surface area contributed by atoms with Gasteiger partial charge in [0.2, 0.25) is 6.41 Å². The fourth-order valence-corrected chi connectivity index (χ4v) is 1.69. The fraction of sp³-hybridized carbons (Fsp3) is 0.667. The zero-order valence-electron chi connectivity index (χ0n) is 7.59. The van der Waals surface area contributed by atoms with E-state index in [1.165, 1.54) is 0 Å². The molecule has 2 atom stereocenters. The van der Waals surface area contributed by atoms with Crippen molar-refractivity contribution in [1.82, 2.24) is 10.4 Å². The number of hydrogen-bond acceptors (Lipinski definition) is 4. The van der Waals surface area contributed by atoms with Gasteiger partial charge in [0, 0.05) is 0 Å². The van der Waals surface area contributed by atoms with E-state index in [-0.39, 0.29) is 0 Å². The molecule has 80 valence electrons. The van der Waals surface area contributed by atoms with Crippen molar-refractivity contribution in [3.05, 3.63) is 0 Å². The maximum atomic E-state index is 11.2. The molecule has 7 nitrogen and oxygen atoms in total. The number of nitrogens with one attached hydrogen (secondary N) is 1. The molecular formula is C6H10N2O5S. The van der Waals surface area contributed by atoms with E-state index in [9.17, 15) is 13.8 Å². The molecule has 1 aliphatic heterocycles. The minimum Gasteiger partial charge on any atom is -0.345 e. The maximum absolute atomic E-state index is 11.2. The summed E-state index contributed by atoms with van der Waals surface area (Å²) in [5.74, 6) is -0.551. The zero-order chi connectivity index (χ0) is 10.9. The van der Waals surface area contributed by atoms with Gasteiger partial charge in [-0.15, -0.1) is 4.28 Å². The lowest BCUT2D eigenvalue weighted by Crippen LogP contribution is -2.75. The van der Waals surface area contributed by atoms with Crippen LogP contribution >= 0.6 is 0 Å². The summed E-state index contributed by atoms with van der Waals surface area (Å²) in [5, 5.41) is 3.06. The lowest BCUT2D eigenvalue weighted by Gasteiger charge is -2.50. The van der Waals surface area contributed by atoms with Crippen molar-refractivity contribution in [2.45, 2.75) is 25.4 Å². The summed E-state index contributed by atoms with van der Waals surface area (Å²) in [4.78, 5) is 21.4. The molecule has 0 saturated carbocycles. The molecule has 2 amide bonds. The van der Waals surface area contributed by atoms with Crippen molar-refractivity contribution >= 4 is 23.7 Å². The van der Waals surface area contributed by atoms with Crippen LogP contribution in [0.25, 0.3) is 0 Å². The first-order valence-corrected chi connectivity index (χ1v) is 4.77. The first-order chi connectivity index (χ1) is 6.41. The van der Waals surface area contributed by atoms with E-state index in [1.54, 1.807) is 13.8 Å². The average Bonchev–Trinajstić information content (AvgIpc) is 2.09. The Bertz CT molecular complexity index is 292. The molecule has 1 heterocycles. The van der Waals surface area contributed by atoms with Gasteiger partial charge in [0.05, 0.1) is 5.54 Å². The highest BCUT2D eigenvalue weighted by atomic mass is 32.2. The second kappa shape index (κ2) is 3.64. The molecule has 1 rings (SSSR count). The fourth-order valence-electron chi connectivity index (χ4n) is 1.29. The van der Waals surface area contributed by atoms with E-state index in [0.717, 1.165) is 5.06 Å². The first kappa shape index (κ1) is 11.1. The minimum atomic E-state index is -2.54. The van der Waals surface area contributed by atoms with Crippen molar-refractivity contribution in [3.8, 4) is 0 Å². The average molecular weight is 222 g/mol. The summed E-state index contributed by atoms with van der Waals surface area (Å²) in [7, 11) is 0. The number of hydroxylamine groups is 2. The van der Waals surface area contributed by atoms with Crippen molar-refractivity contribution in [2.75, 3.05) is 0 Å². The molecule has 0 aromatic rings. The van der Waals surface area contributed by atoms with Gasteiger partial charge < -0.3 is 5.32 Å². The van der Waals surface area contributed by atoms with Crippen molar-refractivity contribution in [2.24, 2.45) is 0 Å². The highest BCUT2D eigenvalue weighted by Crippen LogP contribution is 2.31. The van der Waals surface area contributed by atoms with Crippen LogP contribution in [0.2, 0.25) is 0 Å². The summed E-state index contributed by atoms with van der Waals surface area (Å²) in [6.07, 6.45) is 0.400. The largest absolute Gasteiger partial charge is 0.345 e. The van der Waals surface area contributed by atoms with Crippen LogP contribution in [0.3, 0.4) is 0 Å². The monoisotopic (exact) mass is 222 g/mol. The molecule has 0 aliphatic carbocycles. The smallest absolute Gasteiger partial charge is 0.325 e. The lowest BCUT2D eigenvalue weighted by atomic mass is 9.85. The Hall–Kier alpha value is -0.990. The van der Waals surface area contributed by atoms with Gasteiger partial charge in [-0.3, -0.25) is 14.1 Å². The van der Waals surface area contributed by atoms with E-state index in [2.05, 4.69) is 9.60 Å². The summed E-state index contributed by atoms with van der Waals surface area (Å²) in [5.41, 5.74) is -0.823. The van der Waals surface area contributed by atoms with E-state index in [0.29, 0.717) is 6.41 Å². The van der Waals surface area contributed by atoms with Crippen molar-refractivity contribution in [1.29, 1.82) is 0 Å². The molecule has 0 spiro atoms. The zero-order valence-corrected chi connectivity index (χ0v) is 8.41. The molecule has 2 N–H and O–H groups in total. The topological polar surface area (TPSA) is 95.9 Å². The molecule has 1 aliphatic rings. The number of hydrogen-bond donors (Lipinski definition) is 2. The molecule has 0 bridgehead atoms. The van der Waals surface area contributed by atoms with E-state index < -0.39 is 28.8 Å². The summed E-state index contributed by atoms with van der Waals surface area (Å²) in [6.45, 7) is 3.20. The Labute approximate surface area is 82.8 Å². The molecule has 0 aromatic carbocycles. The second-order valence-corrected chi connectivity index (χ2v) is 3.88. The van der Waals surface area contributed by atoms with E-state index in [1.807, 2.05) is 0 Å². The highest BCUT2D eigenvalue weighted by molar-refractivity contribution is 7.74. The Morgan fingerprint density at radius 2 is 2.29 bits per heavy atom. The quantitative estimate of drug-likeness (QED) is 0.353. The molecule has 8 heteroatoms. The van der Waals surface area contributed by atoms with Gasteiger partial charge in [0.25, 0.3) is 5.91 Å². The number of β-lactam (4-membered cyclic amide) rings is 1. The third-order valence-electron chi connectivity index (χ3n) is 2.05. The minimum absolute atomic E-state index is 0.400. The molecular weight excluding hydrogens is 212 g/mol. The van der Waals surface area contributed by atoms with Crippen LogP contribution in [0.4, 0.5) is 0 Å². The van der Waals surface area contributed by atoms with Crippen LogP contribution in [0.15, 0.2) is 0 Å². The van der Waals surface area contributed by atoms with Gasteiger partial charge >= 0.3 is 11.4 Å². The second-order valence-electron chi connectivity index (χ2n) is 3.30. The Morgan fingerprint density at radius 1 is 1.71 bits per heavy atom. The van der Waals surface area contributed by atoms with Crippen molar-refractivity contribution in [3.63, 3.8) is 0 Å². The Kier molecular flexibility index (Phi) is 2.88.